The van der Waals surface area contributed by atoms with E-state index in [2.05, 4.69) is 55.4 Å². The van der Waals surface area contributed by atoms with E-state index in [0.717, 1.165) is 103 Å². The summed E-state index contributed by atoms with van der Waals surface area (Å²) >= 11 is 0. The minimum absolute atomic E-state index is 0.00517. The number of hydrogen-bond donors (Lipinski definition) is 0. The van der Waals surface area contributed by atoms with Crippen LogP contribution in [0.3, 0.4) is 0 Å². The fourth-order valence-corrected chi connectivity index (χ4v) is 7.07. The molecule has 292 valence electrons. The predicted molar refractivity (Wildman–Crippen MR) is 200 cm³/mol. The first-order valence-corrected chi connectivity index (χ1v) is 20.8. The Hall–Kier alpha value is -2.12. The molecule has 0 saturated heterocycles. The van der Waals surface area contributed by atoms with Gasteiger partial charge in [-0.05, 0) is 62.2 Å². The van der Waals surface area contributed by atoms with E-state index in [4.69, 9.17) is 18.9 Å². The molecular formula is C42H76O8. The number of carbonyl (C=O) groups excluding carboxylic acids is 4. The van der Waals surface area contributed by atoms with Gasteiger partial charge in [0.1, 0.15) is 0 Å². The lowest BCUT2D eigenvalue weighted by atomic mass is 9.68. The maximum absolute atomic E-state index is 13.9. The van der Waals surface area contributed by atoms with Crippen molar-refractivity contribution in [1.29, 1.82) is 0 Å². The number of hydrogen-bond acceptors (Lipinski definition) is 8. The molecule has 50 heavy (non-hydrogen) atoms. The summed E-state index contributed by atoms with van der Waals surface area (Å²) < 4.78 is 23.6. The number of ether oxygens (including phenoxy) is 4. The molecular weight excluding hydrogens is 632 g/mol. The van der Waals surface area contributed by atoms with Crippen LogP contribution in [0.5, 0.6) is 0 Å². The average Bonchev–Trinajstić information content (AvgIpc) is 3.14. The summed E-state index contributed by atoms with van der Waals surface area (Å²) in [6.07, 6.45) is 15.8. The van der Waals surface area contributed by atoms with E-state index >= 15 is 0 Å². The topological polar surface area (TPSA) is 105 Å². The molecule has 1 rings (SSSR count). The van der Waals surface area contributed by atoms with E-state index < -0.39 is 47.5 Å². The molecule has 8 heteroatoms. The van der Waals surface area contributed by atoms with Crippen LogP contribution >= 0.6 is 0 Å². The molecule has 0 N–H and O–H groups in total. The molecule has 0 aromatic rings. The van der Waals surface area contributed by atoms with E-state index in [0.29, 0.717) is 0 Å². The Balaban J connectivity index is 3.39. The lowest BCUT2D eigenvalue weighted by molar-refractivity contribution is -0.177. The van der Waals surface area contributed by atoms with Gasteiger partial charge >= 0.3 is 23.9 Å². The zero-order chi connectivity index (χ0) is 37.3. The van der Waals surface area contributed by atoms with Crippen molar-refractivity contribution in [2.45, 2.75) is 171 Å². The van der Waals surface area contributed by atoms with Crippen LogP contribution in [-0.2, 0) is 38.1 Å². The zero-order valence-corrected chi connectivity index (χ0v) is 33.4. The highest BCUT2D eigenvalue weighted by atomic mass is 16.6. The first kappa shape index (κ1) is 45.9. The standard InChI is InChI=1S/C42H76O8/c1-9-17-21-31(13-5)27-47-39(43)35-25-37(41(45)49-29-33(15-7)23-19-11-3)38(42(46)50-30-34(16-8)24-20-12-4)26-36(35)40(44)48-28-32(14-6)22-18-10-2/h31-38H,9-30H2,1-8H3. The molecule has 8 nitrogen and oxygen atoms in total. The van der Waals surface area contributed by atoms with Crippen molar-refractivity contribution in [3.05, 3.63) is 0 Å². The fraction of sp³-hybridized carbons (Fsp3) is 0.905. The van der Waals surface area contributed by atoms with Crippen molar-refractivity contribution in [2.75, 3.05) is 26.4 Å². The summed E-state index contributed by atoms with van der Waals surface area (Å²) in [5.74, 6) is -4.68. The van der Waals surface area contributed by atoms with Crippen LogP contribution in [0.15, 0.2) is 0 Å². The smallest absolute Gasteiger partial charge is 0.309 e. The Kier molecular flexibility index (Phi) is 25.3. The molecule has 0 aromatic heterocycles. The minimum atomic E-state index is -0.904. The zero-order valence-electron chi connectivity index (χ0n) is 33.4. The predicted octanol–water partition coefficient (Wildman–Crippen LogP) is 10.3. The van der Waals surface area contributed by atoms with Crippen molar-refractivity contribution in [2.24, 2.45) is 47.3 Å². The normalized spacial score (nSPS) is 21.4. The van der Waals surface area contributed by atoms with Crippen molar-refractivity contribution >= 4 is 23.9 Å². The van der Waals surface area contributed by atoms with Gasteiger partial charge in [0.05, 0.1) is 50.1 Å². The van der Waals surface area contributed by atoms with Gasteiger partial charge in [-0.2, -0.15) is 0 Å². The summed E-state index contributed by atoms with van der Waals surface area (Å²) in [7, 11) is 0. The quantitative estimate of drug-likeness (QED) is 0.0584. The Morgan fingerprint density at radius 1 is 0.400 bits per heavy atom. The van der Waals surface area contributed by atoms with E-state index in [-0.39, 0.29) is 62.9 Å². The molecule has 8 atom stereocenters. The molecule has 1 aliphatic rings. The van der Waals surface area contributed by atoms with E-state index in [1.807, 2.05) is 0 Å². The molecule has 1 saturated carbocycles. The van der Waals surface area contributed by atoms with Crippen LogP contribution in [0.2, 0.25) is 0 Å². The van der Waals surface area contributed by atoms with Crippen molar-refractivity contribution < 1.29 is 38.1 Å². The second-order valence-corrected chi connectivity index (χ2v) is 15.1. The monoisotopic (exact) mass is 709 g/mol. The van der Waals surface area contributed by atoms with Gasteiger partial charge < -0.3 is 18.9 Å². The Labute approximate surface area is 306 Å². The van der Waals surface area contributed by atoms with Gasteiger partial charge in [0.25, 0.3) is 0 Å². The van der Waals surface area contributed by atoms with Crippen LogP contribution in [0.4, 0.5) is 0 Å². The number of rotatable bonds is 28. The highest BCUT2D eigenvalue weighted by Crippen LogP contribution is 2.41. The highest BCUT2D eigenvalue weighted by molar-refractivity contribution is 5.87. The Morgan fingerprint density at radius 2 is 0.600 bits per heavy atom. The second kappa shape index (κ2) is 27.5. The average molecular weight is 709 g/mol. The van der Waals surface area contributed by atoms with Crippen molar-refractivity contribution in [3.63, 3.8) is 0 Å². The molecule has 1 fully saturated rings. The van der Waals surface area contributed by atoms with Gasteiger partial charge in [0.15, 0.2) is 0 Å². The lowest BCUT2D eigenvalue weighted by Crippen LogP contribution is -2.47. The summed E-state index contributed by atoms with van der Waals surface area (Å²) in [5, 5.41) is 0. The Bertz CT molecular complexity index is 789. The second-order valence-electron chi connectivity index (χ2n) is 15.1. The highest BCUT2D eigenvalue weighted by Gasteiger charge is 2.51. The van der Waals surface area contributed by atoms with E-state index in [1.165, 1.54) is 0 Å². The maximum Gasteiger partial charge on any atom is 0.309 e. The SMILES string of the molecule is CCCCC(CC)COC(=O)C1CC(C(=O)OCC(CC)CCCC)C(C(=O)OCC(CC)CCCC)CC1C(=O)OCC(CC)CCCC. The van der Waals surface area contributed by atoms with Gasteiger partial charge in [0.2, 0.25) is 0 Å². The van der Waals surface area contributed by atoms with Gasteiger partial charge in [-0.3, -0.25) is 19.2 Å². The van der Waals surface area contributed by atoms with Crippen molar-refractivity contribution in [3.8, 4) is 0 Å². The first-order valence-electron chi connectivity index (χ1n) is 20.8. The van der Waals surface area contributed by atoms with Crippen LogP contribution in [0.1, 0.15) is 171 Å². The van der Waals surface area contributed by atoms with Crippen LogP contribution in [0.25, 0.3) is 0 Å². The van der Waals surface area contributed by atoms with Crippen LogP contribution in [0, 0.1) is 47.3 Å². The van der Waals surface area contributed by atoms with Crippen LogP contribution < -0.4 is 0 Å². The lowest BCUT2D eigenvalue weighted by Gasteiger charge is -2.37. The fourth-order valence-electron chi connectivity index (χ4n) is 7.07. The van der Waals surface area contributed by atoms with E-state index in [9.17, 15) is 19.2 Å². The third-order valence-corrected chi connectivity index (χ3v) is 11.2. The van der Waals surface area contributed by atoms with E-state index in [1.54, 1.807) is 0 Å². The first-order chi connectivity index (χ1) is 24.1. The molecule has 0 bridgehead atoms. The largest absolute Gasteiger partial charge is 0.465 e. The third kappa shape index (κ3) is 16.9. The van der Waals surface area contributed by atoms with Gasteiger partial charge in [0, 0.05) is 0 Å². The maximum atomic E-state index is 13.9. The molecule has 1 aliphatic carbocycles. The third-order valence-electron chi connectivity index (χ3n) is 11.2. The molecule has 0 aromatic carbocycles. The number of esters is 4. The summed E-state index contributed by atoms with van der Waals surface area (Å²) in [6, 6.07) is 0. The minimum Gasteiger partial charge on any atom is -0.465 e. The van der Waals surface area contributed by atoms with Gasteiger partial charge in [-0.25, -0.2) is 0 Å². The molecule has 8 unspecified atom stereocenters. The van der Waals surface area contributed by atoms with Gasteiger partial charge in [-0.1, -0.05) is 132 Å². The molecule has 0 spiro atoms. The molecule has 0 amide bonds. The molecule has 0 aliphatic heterocycles. The molecule has 0 heterocycles. The summed E-state index contributed by atoms with van der Waals surface area (Å²) in [6.45, 7) is 18.0. The number of carbonyl (C=O) groups is 4. The molecule has 0 radical (unpaired) electrons. The van der Waals surface area contributed by atoms with Crippen LogP contribution in [-0.4, -0.2) is 50.3 Å². The number of unbranched alkanes of at least 4 members (excludes halogenated alkanes) is 4. The Morgan fingerprint density at radius 3 is 0.760 bits per heavy atom. The van der Waals surface area contributed by atoms with Crippen molar-refractivity contribution in [1.82, 2.24) is 0 Å². The van der Waals surface area contributed by atoms with Gasteiger partial charge in [-0.15, -0.1) is 0 Å². The summed E-state index contributed by atoms with van der Waals surface area (Å²) in [4.78, 5) is 55.5. The summed E-state index contributed by atoms with van der Waals surface area (Å²) in [5.41, 5.74) is 0.